The first-order chi connectivity index (χ1) is 7.46. The SMILES string of the molecule is CC(C)(C)[Si](C)(C)NS(=N)(=O)c1cc(Cl)cs1. The fourth-order valence-electron chi connectivity index (χ4n) is 1.01. The van der Waals surface area contributed by atoms with E-state index in [0.29, 0.717) is 9.23 Å². The summed E-state index contributed by atoms with van der Waals surface area (Å²) in [5.74, 6) is 0. The molecule has 0 aliphatic rings. The number of thiophene rings is 1. The van der Waals surface area contributed by atoms with Gasteiger partial charge in [-0.1, -0.05) is 45.5 Å². The van der Waals surface area contributed by atoms with E-state index in [2.05, 4.69) is 38.3 Å². The van der Waals surface area contributed by atoms with Gasteiger partial charge in [0.25, 0.3) is 0 Å². The smallest absolute Gasteiger partial charge is 0.140 e. The molecule has 0 saturated heterocycles. The molecule has 2 N–H and O–H groups in total. The van der Waals surface area contributed by atoms with Gasteiger partial charge in [0, 0.05) is 5.38 Å². The molecule has 1 unspecified atom stereocenters. The average Bonchev–Trinajstić information content (AvgIpc) is 2.48. The third-order valence-electron chi connectivity index (χ3n) is 3.10. The van der Waals surface area contributed by atoms with Gasteiger partial charge in [-0.2, -0.15) is 0 Å². The first-order valence-corrected chi connectivity index (χ1v) is 11.1. The van der Waals surface area contributed by atoms with Crippen molar-refractivity contribution in [1.29, 1.82) is 4.78 Å². The zero-order valence-corrected chi connectivity index (χ0v) is 14.1. The van der Waals surface area contributed by atoms with Crippen molar-refractivity contribution in [2.45, 2.75) is 43.1 Å². The lowest BCUT2D eigenvalue weighted by Gasteiger charge is -2.37. The Labute approximate surface area is 114 Å². The van der Waals surface area contributed by atoms with Crippen LogP contribution >= 0.6 is 22.9 Å². The molecule has 1 aromatic rings. The summed E-state index contributed by atoms with van der Waals surface area (Å²) in [4.78, 5) is 0. The van der Waals surface area contributed by atoms with E-state index in [-0.39, 0.29) is 5.04 Å². The van der Waals surface area contributed by atoms with E-state index in [1.807, 2.05) is 0 Å². The second-order valence-electron chi connectivity index (χ2n) is 5.62. The number of hydrogen-bond donors (Lipinski definition) is 2. The molecule has 1 aromatic heterocycles. The van der Waals surface area contributed by atoms with Crippen LogP contribution in [0, 0.1) is 4.78 Å². The molecular weight excluding hydrogens is 292 g/mol. The summed E-state index contributed by atoms with van der Waals surface area (Å²) in [6.45, 7) is 10.5. The molecule has 0 bridgehead atoms. The predicted octanol–water partition coefficient (Wildman–Crippen LogP) is 4.32. The minimum absolute atomic E-state index is 0.0394. The molecule has 0 saturated carbocycles. The molecule has 0 spiro atoms. The monoisotopic (exact) mass is 310 g/mol. The maximum atomic E-state index is 12.4. The van der Waals surface area contributed by atoms with Crippen LogP contribution in [-0.4, -0.2) is 12.4 Å². The summed E-state index contributed by atoms with van der Waals surface area (Å²) in [5.41, 5.74) is 0. The van der Waals surface area contributed by atoms with E-state index in [0.717, 1.165) is 0 Å². The summed E-state index contributed by atoms with van der Waals surface area (Å²) in [7, 11) is -4.90. The van der Waals surface area contributed by atoms with Crippen molar-refractivity contribution < 1.29 is 4.21 Å². The van der Waals surface area contributed by atoms with Gasteiger partial charge in [0.2, 0.25) is 0 Å². The van der Waals surface area contributed by atoms with Crippen LogP contribution in [0.5, 0.6) is 0 Å². The van der Waals surface area contributed by atoms with Crippen LogP contribution in [0.4, 0.5) is 0 Å². The van der Waals surface area contributed by atoms with Crippen molar-refractivity contribution >= 4 is 41.1 Å². The Balaban J connectivity index is 3.03. The average molecular weight is 311 g/mol. The normalized spacial score (nSPS) is 16.8. The Morgan fingerprint density at radius 1 is 1.47 bits per heavy atom. The molecule has 0 aliphatic heterocycles. The molecule has 0 aromatic carbocycles. The van der Waals surface area contributed by atoms with E-state index >= 15 is 0 Å². The lowest BCUT2D eigenvalue weighted by Crippen LogP contribution is -2.53. The summed E-state index contributed by atoms with van der Waals surface area (Å²) in [6, 6.07) is 1.61. The highest BCUT2D eigenvalue weighted by atomic mass is 35.5. The van der Waals surface area contributed by atoms with E-state index in [1.165, 1.54) is 11.3 Å². The maximum absolute atomic E-state index is 12.4. The molecule has 1 heterocycles. The van der Waals surface area contributed by atoms with E-state index < -0.39 is 18.2 Å². The summed E-state index contributed by atoms with van der Waals surface area (Å²) < 4.78 is 24.0. The highest BCUT2D eigenvalue weighted by molar-refractivity contribution is 7.94. The van der Waals surface area contributed by atoms with Crippen molar-refractivity contribution in [1.82, 2.24) is 4.39 Å². The molecule has 0 amide bonds. The number of hydrogen-bond acceptors (Lipinski definition) is 3. The standard InChI is InChI=1S/C10H19ClN2OS2Si/c1-10(2,3)17(4,5)13-16(12,14)9-6-8(11)7-15-9/h6-7H,1-5H3,(H2,12,13,14). The van der Waals surface area contributed by atoms with Gasteiger partial charge >= 0.3 is 0 Å². The van der Waals surface area contributed by atoms with Gasteiger partial charge in [-0.3, -0.25) is 0 Å². The molecule has 7 heteroatoms. The fraction of sp³-hybridized carbons (Fsp3) is 0.600. The number of halogens is 1. The van der Waals surface area contributed by atoms with Crippen LogP contribution in [0.25, 0.3) is 0 Å². The van der Waals surface area contributed by atoms with Crippen LogP contribution in [0.15, 0.2) is 15.7 Å². The van der Waals surface area contributed by atoms with Gasteiger partial charge in [-0.05, 0) is 11.1 Å². The number of nitrogens with one attached hydrogen (secondary N) is 2. The van der Waals surface area contributed by atoms with Crippen LogP contribution in [-0.2, 0) is 9.92 Å². The predicted molar refractivity (Wildman–Crippen MR) is 78.8 cm³/mol. The minimum atomic E-state index is -2.93. The quantitative estimate of drug-likeness (QED) is 0.803. The zero-order valence-electron chi connectivity index (χ0n) is 10.8. The van der Waals surface area contributed by atoms with Crippen molar-refractivity contribution in [3.63, 3.8) is 0 Å². The Bertz CT molecular complexity index is 503. The summed E-state index contributed by atoms with van der Waals surface area (Å²) in [6.07, 6.45) is 0. The third kappa shape index (κ3) is 3.54. The van der Waals surface area contributed by atoms with Crippen molar-refractivity contribution in [3.8, 4) is 0 Å². The van der Waals surface area contributed by atoms with Crippen molar-refractivity contribution in [2.75, 3.05) is 0 Å². The van der Waals surface area contributed by atoms with Gasteiger partial charge in [0.15, 0.2) is 0 Å². The lowest BCUT2D eigenvalue weighted by atomic mass is 10.2. The second-order valence-corrected chi connectivity index (χ2v) is 14.3. The zero-order chi connectivity index (χ0) is 13.5. The Morgan fingerprint density at radius 3 is 2.35 bits per heavy atom. The fourth-order valence-corrected chi connectivity index (χ4v) is 7.73. The third-order valence-corrected chi connectivity index (χ3v) is 12.8. The van der Waals surface area contributed by atoms with Crippen LogP contribution < -0.4 is 4.39 Å². The highest BCUT2D eigenvalue weighted by Crippen LogP contribution is 2.35. The molecule has 98 valence electrons. The maximum Gasteiger partial charge on any atom is 0.140 e. The summed E-state index contributed by atoms with van der Waals surface area (Å²) >= 11 is 7.09. The molecule has 1 rings (SSSR count). The van der Waals surface area contributed by atoms with E-state index in [4.69, 9.17) is 16.4 Å². The first-order valence-electron chi connectivity index (χ1n) is 5.27. The molecule has 0 fully saturated rings. The molecule has 1 atom stereocenters. The lowest BCUT2D eigenvalue weighted by molar-refractivity contribution is 0.666. The van der Waals surface area contributed by atoms with Gasteiger partial charge in [-0.15, -0.1) is 11.3 Å². The molecule has 17 heavy (non-hydrogen) atoms. The number of rotatable bonds is 3. The second kappa shape index (κ2) is 4.66. The highest BCUT2D eigenvalue weighted by Gasteiger charge is 2.38. The Morgan fingerprint density at radius 2 is 2.00 bits per heavy atom. The van der Waals surface area contributed by atoms with E-state index in [1.54, 1.807) is 11.4 Å². The largest absolute Gasteiger partial charge is 0.248 e. The summed E-state index contributed by atoms with van der Waals surface area (Å²) in [5, 5.41) is 2.29. The Hall–Kier alpha value is 0.117. The van der Waals surface area contributed by atoms with E-state index in [9.17, 15) is 4.21 Å². The van der Waals surface area contributed by atoms with Gasteiger partial charge in [0.1, 0.15) is 22.4 Å². The Kier molecular flexibility index (Phi) is 4.16. The van der Waals surface area contributed by atoms with Crippen LogP contribution in [0.3, 0.4) is 0 Å². The van der Waals surface area contributed by atoms with Gasteiger partial charge in [-0.25, -0.2) is 13.4 Å². The molecular formula is C10H19ClN2OS2Si. The van der Waals surface area contributed by atoms with Crippen LogP contribution in [0.2, 0.25) is 23.2 Å². The van der Waals surface area contributed by atoms with Crippen molar-refractivity contribution in [2.24, 2.45) is 0 Å². The first kappa shape index (κ1) is 15.2. The molecule has 3 nitrogen and oxygen atoms in total. The molecule has 0 aliphatic carbocycles. The van der Waals surface area contributed by atoms with Crippen molar-refractivity contribution in [3.05, 3.63) is 16.5 Å². The topological polar surface area (TPSA) is 53.0 Å². The molecule has 0 radical (unpaired) electrons. The van der Waals surface area contributed by atoms with Gasteiger partial charge in [0.05, 0.1) is 5.02 Å². The minimum Gasteiger partial charge on any atom is -0.248 e. The van der Waals surface area contributed by atoms with Crippen LogP contribution in [0.1, 0.15) is 20.8 Å². The van der Waals surface area contributed by atoms with Gasteiger partial charge < -0.3 is 0 Å².